The van der Waals surface area contributed by atoms with Gasteiger partial charge >= 0.3 is 0 Å². The summed E-state index contributed by atoms with van der Waals surface area (Å²) in [6.07, 6.45) is 3.78. The summed E-state index contributed by atoms with van der Waals surface area (Å²) < 4.78 is 0. The third-order valence-electron chi connectivity index (χ3n) is 3.32. The van der Waals surface area contributed by atoms with Crippen molar-refractivity contribution in [2.75, 3.05) is 5.32 Å². The monoisotopic (exact) mass is 273 g/mol. The highest BCUT2D eigenvalue weighted by Gasteiger charge is 2.23. The number of aryl methyl sites for hydroxylation is 1. The van der Waals surface area contributed by atoms with E-state index in [2.05, 4.69) is 5.32 Å². The van der Waals surface area contributed by atoms with Crippen LogP contribution >= 0.6 is 23.2 Å². The van der Waals surface area contributed by atoms with Gasteiger partial charge in [0, 0.05) is 5.02 Å². The van der Waals surface area contributed by atoms with Gasteiger partial charge in [0.05, 0.1) is 22.9 Å². The summed E-state index contributed by atoms with van der Waals surface area (Å²) in [7, 11) is 0. The van der Waals surface area contributed by atoms with Crippen molar-refractivity contribution in [1.82, 2.24) is 0 Å². The molecule has 2 rings (SSSR count). The van der Waals surface area contributed by atoms with Crippen molar-refractivity contribution in [2.45, 2.75) is 44.8 Å². The molecule has 0 spiro atoms. The summed E-state index contributed by atoms with van der Waals surface area (Å²) >= 11 is 12.2. The van der Waals surface area contributed by atoms with Crippen molar-refractivity contribution in [3.05, 3.63) is 27.7 Å². The second-order valence-corrected chi connectivity index (χ2v) is 5.50. The zero-order chi connectivity index (χ0) is 12.4. The smallest absolute Gasteiger partial charge is 0.0741 e. The summed E-state index contributed by atoms with van der Waals surface area (Å²) in [5.74, 6) is 0. The van der Waals surface area contributed by atoms with E-state index in [1.165, 1.54) is 0 Å². The van der Waals surface area contributed by atoms with Gasteiger partial charge in [0.15, 0.2) is 0 Å². The van der Waals surface area contributed by atoms with Gasteiger partial charge in [-0.05, 0) is 37.5 Å². The van der Waals surface area contributed by atoms with E-state index >= 15 is 0 Å². The number of benzene rings is 1. The molecule has 1 aliphatic rings. The van der Waals surface area contributed by atoms with Crippen LogP contribution in [0.25, 0.3) is 0 Å². The van der Waals surface area contributed by atoms with Crippen LogP contribution in [-0.4, -0.2) is 17.3 Å². The minimum atomic E-state index is -0.292. The van der Waals surface area contributed by atoms with Crippen LogP contribution in [0.4, 0.5) is 5.69 Å². The Morgan fingerprint density at radius 3 is 2.59 bits per heavy atom. The van der Waals surface area contributed by atoms with Crippen LogP contribution in [0.1, 0.15) is 31.2 Å². The van der Waals surface area contributed by atoms with E-state index in [0.717, 1.165) is 36.9 Å². The van der Waals surface area contributed by atoms with Crippen LogP contribution in [0.5, 0.6) is 0 Å². The molecule has 1 fully saturated rings. The number of rotatable bonds is 2. The van der Waals surface area contributed by atoms with Gasteiger partial charge in [0.1, 0.15) is 0 Å². The highest BCUT2D eigenvalue weighted by molar-refractivity contribution is 6.35. The van der Waals surface area contributed by atoms with Crippen molar-refractivity contribution in [3.63, 3.8) is 0 Å². The molecular weight excluding hydrogens is 257 g/mol. The number of aliphatic hydroxyl groups excluding tert-OH is 1. The third-order valence-corrected chi connectivity index (χ3v) is 4.04. The van der Waals surface area contributed by atoms with Gasteiger partial charge in [-0.25, -0.2) is 0 Å². The average molecular weight is 274 g/mol. The first kappa shape index (κ1) is 13.0. The van der Waals surface area contributed by atoms with Crippen LogP contribution in [0, 0.1) is 6.92 Å². The van der Waals surface area contributed by atoms with E-state index in [1.54, 1.807) is 0 Å². The fourth-order valence-corrected chi connectivity index (χ4v) is 2.67. The van der Waals surface area contributed by atoms with Crippen molar-refractivity contribution < 1.29 is 5.11 Å². The van der Waals surface area contributed by atoms with Gasteiger partial charge in [-0.15, -0.1) is 0 Å². The largest absolute Gasteiger partial charge is 0.391 e. The van der Waals surface area contributed by atoms with Gasteiger partial charge in [0.2, 0.25) is 0 Å². The highest BCUT2D eigenvalue weighted by Crippen LogP contribution is 2.31. The lowest BCUT2D eigenvalue weighted by atomic mass is 9.92. The molecule has 0 bridgehead atoms. The molecule has 0 unspecified atom stereocenters. The van der Waals surface area contributed by atoms with Gasteiger partial charge < -0.3 is 10.4 Å². The van der Waals surface area contributed by atoms with E-state index in [9.17, 15) is 5.11 Å². The Morgan fingerprint density at radius 1 is 1.18 bits per heavy atom. The molecule has 2 N–H and O–H groups in total. The first-order chi connectivity index (χ1) is 8.08. The molecule has 4 heteroatoms. The molecule has 17 heavy (non-hydrogen) atoms. The van der Waals surface area contributed by atoms with Gasteiger partial charge in [-0.1, -0.05) is 36.0 Å². The Kier molecular flexibility index (Phi) is 4.18. The second-order valence-electron chi connectivity index (χ2n) is 4.68. The predicted octanol–water partition coefficient (Wildman–Crippen LogP) is 4.02. The Hall–Kier alpha value is -0.440. The number of nitrogens with one attached hydrogen (secondary N) is 1. The quantitative estimate of drug-likeness (QED) is 0.853. The zero-order valence-electron chi connectivity index (χ0n) is 9.84. The molecule has 0 amide bonds. The highest BCUT2D eigenvalue weighted by atomic mass is 35.5. The van der Waals surface area contributed by atoms with Gasteiger partial charge in [-0.3, -0.25) is 0 Å². The Balaban J connectivity index is 2.15. The fourth-order valence-electron chi connectivity index (χ4n) is 2.24. The molecule has 1 aromatic carbocycles. The molecule has 0 aliphatic heterocycles. The van der Waals surface area contributed by atoms with Gasteiger partial charge in [-0.2, -0.15) is 0 Å². The minimum Gasteiger partial charge on any atom is -0.391 e. The van der Waals surface area contributed by atoms with Crippen LogP contribution in [-0.2, 0) is 0 Å². The molecule has 0 radical (unpaired) electrons. The molecule has 0 aromatic heterocycles. The maximum absolute atomic E-state index is 9.91. The van der Waals surface area contributed by atoms with E-state index in [0.29, 0.717) is 10.0 Å². The first-order valence-corrected chi connectivity index (χ1v) is 6.74. The maximum Gasteiger partial charge on any atom is 0.0741 e. The molecule has 0 heterocycles. The molecule has 1 aliphatic carbocycles. The zero-order valence-corrected chi connectivity index (χ0v) is 11.4. The Bertz CT molecular complexity index is 409. The lowest BCUT2D eigenvalue weighted by Gasteiger charge is -2.29. The summed E-state index contributed by atoms with van der Waals surface area (Å²) in [6, 6.07) is 3.77. The molecular formula is C13H17Cl2NO. The van der Waals surface area contributed by atoms with Crippen molar-refractivity contribution in [1.29, 1.82) is 0 Å². The second kappa shape index (κ2) is 5.47. The standard InChI is InChI=1S/C13H17Cl2NO/c1-8-6-10(15)12(7-9(8)14)16-11-4-2-3-5-13(11)17/h6-7,11,13,16-17H,2-5H2,1H3/t11-,13-/m1/s1. The lowest BCUT2D eigenvalue weighted by molar-refractivity contribution is 0.116. The predicted molar refractivity (Wildman–Crippen MR) is 73.1 cm³/mol. The summed E-state index contributed by atoms with van der Waals surface area (Å²) in [4.78, 5) is 0. The Morgan fingerprint density at radius 2 is 1.88 bits per heavy atom. The van der Waals surface area contributed by atoms with Crippen molar-refractivity contribution >= 4 is 28.9 Å². The molecule has 94 valence electrons. The summed E-state index contributed by atoms with van der Waals surface area (Å²) in [5, 5.41) is 14.6. The number of halogens is 2. The van der Waals surface area contributed by atoms with Crippen molar-refractivity contribution in [3.8, 4) is 0 Å². The topological polar surface area (TPSA) is 32.3 Å². The van der Waals surface area contributed by atoms with Crippen LogP contribution in [0.15, 0.2) is 12.1 Å². The van der Waals surface area contributed by atoms with E-state index in [-0.39, 0.29) is 12.1 Å². The number of hydrogen-bond acceptors (Lipinski definition) is 2. The van der Waals surface area contributed by atoms with E-state index < -0.39 is 0 Å². The van der Waals surface area contributed by atoms with Crippen LogP contribution < -0.4 is 5.32 Å². The molecule has 1 saturated carbocycles. The average Bonchev–Trinajstić information content (AvgIpc) is 2.29. The minimum absolute atomic E-state index is 0.0834. The van der Waals surface area contributed by atoms with E-state index in [1.807, 2.05) is 19.1 Å². The number of hydrogen-bond donors (Lipinski definition) is 2. The summed E-state index contributed by atoms with van der Waals surface area (Å²) in [6.45, 7) is 1.92. The molecule has 0 saturated heterocycles. The molecule has 2 nitrogen and oxygen atoms in total. The normalized spacial score (nSPS) is 24.7. The van der Waals surface area contributed by atoms with E-state index in [4.69, 9.17) is 23.2 Å². The van der Waals surface area contributed by atoms with Gasteiger partial charge in [0.25, 0.3) is 0 Å². The third kappa shape index (κ3) is 3.06. The number of anilines is 1. The van der Waals surface area contributed by atoms with Crippen molar-refractivity contribution in [2.24, 2.45) is 0 Å². The van der Waals surface area contributed by atoms with Crippen LogP contribution in [0.3, 0.4) is 0 Å². The molecule has 1 aromatic rings. The Labute approximate surface area is 112 Å². The lowest BCUT2D eigenvalue weighted by Crippen LogP contribution is -2.36. The fraction of sp³-hybridized carbons (Fsp3) is 0.538. The molecule has 2 atom stereocenters. The first-order valence-electron chi connectivity index (χ1n) is 5.98. The SMILES string of the molecule is Cc1cc(Cl)c(N[C@@H]2CCCC[C@H]2O)cc1Cl. The number of aliphatic hydroxyl groups is 1. The summed E-state index contributed by atoms with van der Waals surface area (Å²) in [5.41, 5.74) is 1.78. The van der Waals surface area contributed by atoms with Crippen LogP contribution in [0.2, 0.25) is 10.0 Å². The maximum atomic E-state index is 9.91.